The Balaban J connectivity index is 1.94. The lowest BCUT2D eigenvalue weighted by Crippen LogP contribution is -2.15. The van der Waals surface area contributed by atoms with Crippen molar-refractivity contribution in [3.8, 4) is 0 Å². The van der Waals surface area contributed by atoms with Gasteiger partial charge in [-0.1, -0.05) is 32.4 Å². The van der Waals surface area contributed by atoms with E-state index in [0.717, 1.165) is 31.5 Å². The van der Waals surface area contributed by atoms with Gasteiger partial charge in [0, 0.05) is 12.2 Å². The van der Waals surface area contributed by atoms with Crippen molar-refractivity contribution in [2.24, 2.45) is 0 Å². The van der Waals surface area contributed by atoms with Crippen LogP contribution in [0.4, 0.5) is 11.5 Å². The summed E-state index contributed by atoms with van der Waals surface area (Å²) in [6.45, 7) is 5.09. The van der Waals surface area contributed by atoms with Crippen LogP contribution >= 0.6 is 0 Å². The van der Waals surface area contributed by atoms with Crippen molar-refractivity contribution in [2.45, 2.75) is 33.1 Å². The Bertz CT molecular complexity index is 593. The van der Waals surface area contributed by atoms with Gasteiger partial charge < -0.3 is 10.6 Å². The first-order valence-corrected chi connectivity index (χ1v) is 7.70. The fraction of sp³-hybridized carbons (Fsp3) is 0.353. The van der Waals surface area contributed by atoms with E-state index < -0.39 is 0 Å². The molecule has 0 saturated carbocycles. The number of carbonyl (C=O) groups is 1. The van der Waals surface area contributed by atoms with Gasteiger partial charge in [-0.15, -0.1) is 10.2 Å². The summed E-state index contributed by atoms with van der Waals surface area (Å²) in [5.41, 5.74) is 2.30. The van der Waals surface area contributed by atoms with E-state index >= 15 is 0 Å². The molecule has 2 N–H and O–H groups in total. The number of hydrogen-bond acceptors (Lipinski definition) is 4. The number of carbonyl (C=O) groups excluding carboxylic acids is 1. The first kappa shape index (κ1) is 15.9. The summed E-state index contributed by atoms with van der Waals surface area (Å²) in [5, 5.41) is 14.0. The molecule has 1 aromatic heterocycles. The summed E-state index contributed by atoms with van der Waals surface area (Å²) in [4.78, 5) is 12.1. The molecule has 5 nitrogen and oxygen atoms in total. The third-order valence-corrected chi connectivity index (χ3v) is 3.35. The lowest BCUT2D eigenvalue weighted by molar-refractivity contribution is 0.102. The van der Waals surface area contributed by atoms with Crippen molar-refractivity contribution >= 4 is 17.4 Å². The van der Waals surface area contributed by atoms with Crippen LogP contribution < -0.4 is 10.6 Å². The Morgan fingerprint density at radius 1 is 1.05 bits per heavy atom. The standard InChI is InChI=1S/C17H22N4O/c1-3-5-12-18-16-11-10-15(20-21-16)17(22)19-14-8-6-13(4-2)7-9-14/h6-11H,3-5,12H2,1-2H3,(H,18,21)(H,19,22). The maximum atomic E-state index is 12.1. The molecule has 5 heteroatoms. The molecule has 22 heavy (non-hydrogen) atoms. The molecule has 0 radical (unpaired) electrons. The lowest BCUT2D eigenvalue weighted by Gasteiger charge is -2.06. The minimum atomic E-state index is -0.253. The largest absolute Gasteiger partial charge is 0.369 e. The van der Waals surface area contributed by atoms with Gasteiger partial charge in [-0.3, -0.25) is 4.79 Å². The molecule has 0 aliphatic rings. The monoisotopic (exact) mass is 298 g/mol. The minimum Gasteiger partial charge on any atom is -0.369 e. The van der Waals surface area contributed by atoms with Crippen molar-refractivity contribution in [3.05, 3.63) is 47.7 Å². The minimum absolute atomic E-state index is 0.253. The number of rotatable bonds is 7. The molecular formula is C17H22N4O. The second kappa shape index (κ2) is 8.12. The van der Waals surface area contributed by atoms with Crippen LogP contribution in [-0.2, 0) is 6.42 Å². The highest BCUT2D eigenvalue weighted by atomic mass is 16.1. The van der Waals surface area contributed by atoms with E-state index in [4.69, 9.17) is 0 Å². The van der Waals surface area contributed by atoms with Gasteiger partial charge in [0.1, 0.15) is 5.82 Å². The fourth-order valence-electron chi connectivity index (χ4n) is 1.96. The van der Waals surface area contributed by atoms with E-state index in [1.807, 2.05) is 24.3 Å². The number of nitrogens with zero attached hydrogens (tertiary/aromatic N) is 2. The van der Waals surface area contributed by atoms with Crippen molar-refractivity contribution < 1.29 is 4.79 Å². The molecule has 0 atom stereocenters. The molecule has 1 aromatic carbocycles. The summed E-state index contributed by atoms with van der Waals surface area (Å²) in [5.74, 6) is 0.439. The van der Waals surface area contributed by atoms with Crippen LogP contribution in [0.5, 0.6) is 0 Å². The van der Waals surface area contributed by atoms with Crippen LogP contribution in [-0.4, -0.2) is 22.6 Å². The van der Waals surface area contributed by atoms with Crippen molar-refractivity contribution in [1.82, 2.24) is 10.2 Å². The zero-order valence-corrected chi connectivity index (χ0v) is 13.1. The van der Waals surface area contributed by atoms with Gasteiger partial charge in [0.2, 0.25) is 0 Å². The van der Waals surface area contributed by atoms with Crippen molar-refractivity contribution in [1.29, 1.82) is 0 Å². The average Bonchev–Trinajstić information content (AvgIpc) is 2.56. The van der Waals surface area contributed by atoms with Crippen molar-refractivity contribution in [2.75, 3.05) is 17.2 Å². The van der Waals surface area contributed by atoms with Gasteiger partial charge in [-0.05, 0) is 42.7 Å². The third kappa shape index (κ3) is 4.55. The zero-order valence-electron chi connectivity index (χ0n) is 13.1. The van der Waals surface area contributed by atoms with Gasteiger partial charge in [0.15, 0.2) is 5.69 Å². The number of aromatic nitrogens is 2. The molecule has 0 fully saturated rings. The molecule has 0 aliphatic heterocycles. The summed E-state index contributed by atoms with van der Waals surface area (Å²) in [6.07, 6.45) is 3.18. The van der Waals surface area contributed by atoms with Gasteiger partial charge in [0.25, 0.3) is 5.91 Å². The third-order valence-electron chi connectivity index (χ3n) is 3.35. The van der Waals surface area contributed by atoms with E-state index in [9.17, 15) is 4.79 Å². The summed E-state index contributed by atoms with van der Waals surface area (Å²) < 4.78 is 0. The first-order valence-electron chi connectivity index (χ1n) is 7.70. The Morgan fingerprint density at radius 2 is 1.82 bits per heavy atom. The number of aryl methyl sites for hydroxylation is 1. The number of benzene rings is 1. The molecule has 0 spiro atoms. The quantitative estimate of drug-likeness (QED) is 0.768. The Kier molecular flexibility index (Phi) is 5.89. The van der Waals surface area contributed by atoms with E-state index in [1.165, 1.54) is 5.56 Å². The summed E-state index contributed by atoms with van der Waals surface area (Å²) in [6, 6.07) is 11.2. The molecule has 1 amide bonds. The fourth-order valence-corrected chi connectivity index (χ4v) is 1.96. The maximum Gasteiger partial charge on any atom is 0.276 e. The van der Waals surface area contributed by atoms with Gasteiger partial charge in [0.05, 0.1) is 0 Å². The van der Waals surface area contributed by atoms with Gasteiger partial charge >= 0.3 is 0 Å². The van der Waals surface area contributed by atoms with E-state index in [0.29, 0.717) is 11.5 Å². The van der Waals surface area contributed by atoms with Gasteiger partial charge in [-0.25, -0.2) is 0 Å². The molecular weight excluding hydrogens is 276 g/mol. The second-order valence-corrected chi connectivity index (χ2v) is 5.09. The Hall–Kier alpha value is -2.43. The molecule has 1 heterocycles. The van der Waals surface area contributed by atoms with Crippen LogP contribution in [0, 0.1) is 0 Å². The second-order valence-electron chi connectivity index (χ2n) is 5.09. The smallest absolute Gasteiger partial charge is 0.276 e. The topological polar surface area (TPSA) is 66.9 Å². The highest BCUT2D eigenvalue weighted by Gasteiger charge is 2.08. The Labute approximate surface area is 131 Å². The molecule has 116 valence electrons. The molecule has 0 unspecified atom stereocenters. The normalized spacial score (nSPS) is 10.3. The number of unbranched alkanes of at least 4 members (excludes halogenated alkanes) is 1. The van der Waals surface area contributed by atoms with Crippen LogP contribution in [0.15, 0.2) is 36.4 Å². The first-order chi connectivity index (χ1) is 10.7. The number of nitrogens with one attached hydrogen (secondary N) is 2. The molecule has 2 aromatic rings. The number of amides is 1. The number of anilines is 2. The molecule has 0 bridgehead atoms. The Morgan fingerprint density at radius 3 is 2.41 bits per heavy atom. The molecule has 0 aliphatic carbocycles. The van der Waals surface area contributed by atoms with E-state index in [2.05, 4.69) is 34.7 Å². The predicted octanol–water partition coefficient (Wildman–Crippen LogP) is 3.50. The maximum absolute atomic E-state index is 12.1. The lowest BCUT2D eigenvalue weighted by atomic mass is 10.1. The SMILES string of the molecule is CCCCNc1ccc(C(=O)Nc2ccc(CC)cc2)nn1. The molecule has 2 rings (SSSR count). The highest BCUT2D eigenvalue weighted by molar-refractivity contribution is 6.02. The van der Waals surface area contributed by atoms with Crippen molar-refractivity contribution in [3.63, 3.8) is 0 Å². The van der Waals surface area contributed by atoms with Crippen LogP contribution in [0.25, 0.3) is 0 Å². The van der Waals surface area contributed by atoms with Crippen LogP contribution in [0.1, 0.15) is 42.7 Å². The highest BCUT2D eigenvalue weighted by Crippen LogP contribution is 2.11. The van der Waals surface area contributed by atoms with Crippen LogP contribution in [0.2, 0.25) is 0 Å². The van der Waals surface area contributed by atoms with Gasteiger partial charge in [-0.2, -0.15) is 0 Å². The summed E-state index contributed by atoms with van der Waals surface area (Å²) in [7, 11) is 0. The molecule has 0 saturated heterocycles. The summed E-state index contributed by atoms with van der Waals surface area (Å²) >= 11 is 0. The van der Waals surface area contributed by atoms with E-state index in [-0.39, 0.29) is 5.91 Å². The van der Waals surface area contributed by atoms with Crippen LogP contribution in [0.3, 0.4) is 0 Å². The predicted molar refractivity (Wildman–Crippen MR) is 89.2 cm³/mol. The zero-order chi connectivity index (χ0) is 15.8. The number of hydrogen-bond donors (Lipinski definition) is 2. The van der Waals surface area contributed by atoms with E-state index in [1.54, 1.807) is 12.1 Å². The average molecular weight is 298 g/mol.